The van der Waals surface area contributed by atoms with E-state index in [0.717, 1.165) is 31.3 Å². The number of aliphatic carboxylic acids is 1. The summed E-state index contributed by atoms with van der Waals surface area (Å²) in [6, 6.07) is 0.286. The number of phenols is 1. The minimum Gasteiger partial charge on any atom is -0.508 e. The number of carbonyl (C=O) groups excluding carboxylic acids is 2. The summed E-state index contributed by atoms with van der Waals surface area (Å²) in [7, 11) is 0. The van der Waals surface area contributed by atoms with E-state index in [0.29, 0.717) is 18.4 Å². The molecule has 1 atom stereocenters. The Balaban J connectivity index is 3.50. The Labute approximate surface area is 237 Å². The molecule has 0 aliphatic carbocycles. The van der Waals surface area contributed by atoms with Crippen molar-refractivity contribution in [3.05, 3.63) is 46.1 Å². The molecule has 0 aliphatic rings. The van der Waals surface area contributed by atoms with Gasteiger partial charge in [0.2, 0.25) is 5.91 Å². The Morgan fingerprint density at radius 3 is 2.23 bits per heavy atom. The molecule has 0 saturated heterocycles. The van der Waals surface area contributed by atoms with Crippen molar-refractivity contribution >= 4 is 23.8 Å². The third-order valence-corrected chi connectivity index (χ3v) is 6.46. The quantitative estimate of drug-likeness (QED) is 0.0789. The average Bonchev–Trinajstić information content (AvgIpc) is 2.85. The highest BCUT2D eigenvalue weighted by molar-refractivity contribution is 5.96. The predicted molar refractivity (Wildman–Crippen MR) is 154 cm³/mol. The summed E-state index contributed by atoms with van der Waals surface area (Å²) >= 11 is 0. The van der Waals surface area contributed by atoms with Crippen LogP contribution < -0.4 is 10.1 Å². The summed E-state index contributed by atoms with van der Waals surface area (Å²) in [6.07, 6.45) is 7.90. The van der Waals surface area contributed by atoms with Gasteiger partial charge < -0.3 is 25.4 Å². The molecule has 9 heteroatoms. The van der Waals surface area contributed by atoms with Gasteiger partial charge in [0.05, 0.1) is 6.42 Å². The van der Waals surface area contributed by atoms with E-state index in [4.69, 9.17) is 9.84 Å². The van der Waals surface area contributed by atoms with Crippen molar-refractivity contribution < 1.29 is 39.2 Å². The maximum absolute atomic E-state index is 13.3. The van der Waals surface area contributed by atoms with Gasteiger partial charge in [0.25, 0.3) is 0 Å². The summed E-state index contributed by atoms with van der Waals surface area (Å²) in [5, 5.41) is 32.5. The second kappa shape index (κ2) is 17.2. The van der Waals surface area contributed by atoms with Crippen LogP contribution in [0.25, 0.3) is 0 Å². The van der Waals surface area contributed by atoms with Gasteiger partial charge >= 0.3 is 17.9 Å². The molecule has 4 N–H and O–H groups in total. The smallest absolute Gasteiger partial charge is 0.339 e. The van der Waals surface area contributed by atoms with E-state index >= 15 is 0 Å². The molecule has 0 aromatic heterocycles. The van der Waals surface area contributed by atoms with Gasteiger partial charge in [-0.25, -0.2) is 9.59 Å². The number of ether oxygens (including phenoxy) is 1. The zero-order valence-corrected chi connectivity index (χ0v) is 24.6. The summed E-state index contributed by atoms with van der Waals surface area (Å²) in [5.74, 6) is -4.79. The molecule has 222 valence electrons. The molecule has 0 saturated carbocycles. The number of aromatic hydroxyl groups is 1. The molecular formula is C31H45NO8. The van der Waals surface area contributed by atoms with Crippen LogP contribution in [0, 0.1) is 5.92 Å². The Morgan fingerprint density at radius 2 is 1.68 bits per heavy atom. The number of amides is 1. The number of aryl methyl sites for hydroxylation is 1. The number of hydrogen-bond acceptors (Lipinski definition) is 6. The number of benzene rings is 1. The summed E-state index contributed by atoms with van der Waals surface area (Å²) in [6.45, 7) is 11.4. The van der Waals surface area contributed by atoms with Crippen molar-refractivity contribution in [2.24, 2.45) is 5.92 Å². The molecule has 1 aromatic rings. The first-order chi connectivity index (χ1) is 18.8. The Bertz CT molecular complexity index is 1110. The lowest BCUT2D eigenvalue weighted by atomic mass is 9.94. The second-order valence-corrected chi connectivity index (χ2v) is 10.7. The van der Waals surface area contributed by atoms with Crippen molar-refractivity contribution in [1.82, 2.24) is 5.32 Å². The van der Waals surface area contributed by atoms with Gasteiger partial charge in [0.15, 0.2) is 5.75 Å². The monoisotopic (exact) mass is 559 g/mol. The van der Waals surface area contributed by atoms with Gasteiger partial charge in [-0.05, 0) is 70.4 Å². The van der Waals surface area contributed by atoms with Gasteiger partial charge in [-0.2, -0.15) is 0 Å². The zero-order chi connectivity index (χ0) is 30.4. The van der Waals surface area contributed by atoms with E-state index < -0.39 is 42.2 Å². The number of allylic oxidation sites excluding steroid dienone is 4. The molecule has 9 nitrogen and oxygen atoms in total. The number of aromatic carboxylic acids is 1. The first-order valence-electron chi connectivity index (χ1n) is 13.9. The fourth-order valence-corrected chi connectivity index (χ4v) is 4.14. The number of carboxylic acid groups (broad SMARTS) is 2. The number of carboxylic acids is 2. The van der Waals surface area contributed by atoms with Crippen LogP contribution in [-0.4, -0.2) is 45.2 Å². The maximum atomic E-state index is 13.3. The molecule has 1 unspecified atom stereocenters. The van der Waals surface area contributed by atoms with Crippen LogP contribution >= 0.6 is 0 Å². The van der Waals surface area contributed by atoms with Crippen LogP contribution in [0.15, 0.2) is 29.4 Å². The van der Waals surface area contributed by atoms with Crippen molar-refractivity contribution in [1.29, 1.82) is 0 Å². The first-order valence-corrected chi connectivity index (χ1v) is 13.9. The normalized spacial score (nSPS) is 12.1. The van der Waals surface area contributed by atoms with Crippen LogP contribution in [0.3, 0.4) is 0 Å². The van der Waals surface area contributed by atoms with E-state index in [1.165, 1.54) is 11.6 Å². The highest BCUT2D eigenvalue weighted by atomic mass is 16.5. The van der Waals surface area contributed by atoms with E-state index in [1.807, 2.05) is 33.8 Å². The van der Waals surface area contributed by atoms with Crippen LogP contribution in [0.5, 0.6) is 11.5 Å². The Kier molecular flexibility index (Phi) is 14.8. The molecular weight excluding hydrogens is 514 g/mol. The lowest BCUT2D eigenvalue weighted by Crippen LogP contribution is -2.46. The molecule has 0 aliphatic heterocycles. The zero-order valence-electron chi connectivity index (χ0n) is 24.6. The molecule has 0 bridgehead atoms. The molecule has 0 heterocycles. The molecule has 40 heavy (non-hydrogen) atoms. The number of nitrogens with one attached hydrogen (secondary N) is 1. The Hall–Kier alpha value is -3.62. The van der Waals surface area contributed by atoms with Crippen molar-refractivity contribution in [3.63, 3.8) is 0 Å². The average molecular weight is 560 g/mol. The number of esters is 1. The summed E-state index contributed by atoms with van der Waals surface area (Å²) < 4.78 is 5.71. The lowest BCUT2D eigenvalue weighted by Gasteiger charge is -2.23. The van der Waals surface area contributed by atoms with E-state index in [-0.39, 0.29) is 35.5 Å². The van der Waals surface area contributed by atoms with E-state index in [1.54, 1.807) is 13.8 Å². The third-order valence-electron chi connectivity index (χ3n) is 6.46. The fourth-order valence-electron chi connectivity index (χ4n) is 4.14. The van der Waals surface area contributed by atoms with E-state index in [9.17, 15) is 29.4 Å². The number of rotatable bonds is 17. The minimum atomic E-state index is -1.29. The molecule has 1 rings (SSSR count). The maximum Gasteiger partial charge on any atom is 0.339 e. The van der Waals surface area contributed by atoms with Gasteiger partial charge in [-0.1, -0.05) is 56.9 Å². The SMILES string of the molecule is CCCCCc1cc(O)c(C/C=C(\C)CCC=C(C)C)c(OC(=O)C(NC(=O)CCC(=O)O)C(C)C)c1C(=O)O. The van der Waals surface area contributed by atoms with Crippen LogP contribution in [-0.2, 0) is 27.2 Å². The van der Waals surface area contributed by atoms with Gasteiger partial charge in [-0.3, -0.25) is 9.59 Å². The summed E-state index contributed by atoms with van der Waals surface area (Å²) in [5.41, 5.74) is 2.59. The highest BCUT2D eigenvalue weighted by Crippen LogP contribution is 2.37. The number of phenolic OH excluding ortho intramolecular Hbond substituents is 1. The summed E-state index contributed by atoms with van der Waals surface area (Å²) in [4.78, 5) is 48.9. The first kappa shape index (κ1) is 34.4. The van der Waals surface area contributed by atoms with Crippen molar-refractivity contribution in [3.8, 4) is 11.5 Å². The largest absolute Gasteiger partial charge is 0.508 e. The van der Waals surface area contributed by atoms with Gasteiger partial charge in [0.1, 0.15) is 17.4 Å². The molecule has 1 aromatic carbocycles. The second-order valence-electron chi connectivity index (χ2n) is 10.7. The topological polar surface area (TPSA) is 150 Å². The number of hydrogen-bond donors (Lipinski definition) is 4. The standard InChI is InChI=1S/C31H45NO8/c1-7-8-9-13-22-18-24(33)23(15-14-21(6)12-10-11-19(2)3)29(27(22)30(37)38)40-31(39)28(20(4)5)32-25(34)16-17-26(35)36/h11,14,18,20,28,33H,7-10,12-13,15-17H2,1-6H3,(H,32,34)(H,35,36)(H,37,38)/b21-14+. The van der Waals surface area contributed by atoms with Gasteiger partial charge in [0, 0.05) is 12.0 Å². The highest BCUT2D eigenvalue weighted by Gasteiger charge is 2.31. The van der Waals surface area contributed by atoms with Crippen LogP contribution in [0.2, 0.25) is 0 Å². The van der Waals surface area contributed by atoms with Gasteiger partial charge in [-0.15, -0.1) is 0 Å². The Morgan fingerprint density at radius 1 is 1.00 bits per heavy atom. The molecule has 0 fully saturated rings. The minimum absolute atomic E-state index is 0.141. The van der Waals surface area contributed by atoms with E-state index in [2.05, 4.69) is 11.4 Å². The van der Waals surface area contributed by atoms with Crippen LogP contribution in [0.4, 0.5) is 0 Å². The molecule has 1 amide bonds. The van der Waals surface area contributed by atoms with Crippen LogP contribution in [0.1, 0.15) is 108 Å². The van der Waals surface area contributed by atoms with Crippen molar-refractivity contribution in [2.75, 3.05) is 0 Å². The predicted octanol–water partition coefficient (Wildman–Crippen LogP) is 5.97. The molecule has 0 spiro atoms. The van der Waals surface area contributed by atoms with Crippen molar-refractivity contribution in [2.45, 2.75) is 105 Å². The number of carbonyl (C=O) groups is 4. The lowest BCUT2D eigenvalue weighted by molar-refractivity contribution is -0.141. The molecule has 0 radical (unpaired) electrons. The third kappa shape index (κ3) is 11.6. The fraction of sp³-hybridized carbons (Fsp3) is 0.548. The number of unbranched alkanes of at least 4 members (excludes halogenated alkanes) is 2.